The number of likely N-dealkylation sites (tertiary alicyclic amines) is 1. The molecule has 0 radical (unpaired) electrons. The van der Waals surface area contributed by atoms with Gasteiger partial charge in [0.1, 0.15) is 0 Å². The van der Waals surface area contributed by atoms with E-state index in [0.29, 0.717) is 16.3 Å². The Labute approximate surface area is 115 Å². The van der Waals surface area contributed by atoms with Gasteiger partial charge in [0.05, 0.1) is 6.42 Å². The summed E-state index contributed by atoms with van der Waals surface area (Å²) in [4.78, 5) is 14.6. The van der Waals surface area contributed by atoms with Gasteiger partial charge in [-0.3, -0.25) is 4.79 Å². The topological polar surface area (TPSA) is 20.3 Å². The van der Waals surface area contributed by atoms with Crippen molar-refractivity contribution in [1.29, 1.82) is 0 Å². The highest BCUT2D eigenvalue weighted by atomic mass is 79.9. The summed E-state index contributed by atoms with van der Waals surface area (Å²) in [6.45, 7) is 1.71. The molecule has 2 rings (SSSR count). The fourth-order valence-corrected chi connectivity index (χ4v) is 2.65. The van der Waals surface area contributed by atoms with Crippen LogP contribution in [-0.4, -0.2) is 28.7 Å². The summed E-state index contributed by atoms with van der Waals surface area (Å²) in [5, 5.41) is 0.689. The molecule has 0 aromatic heterocycles. The Hall–Kier alpha value is -0.540. The van der Waals surface area contributed by atoms with Crippen LogP contribution in [-0.2, 0) is 11.2 Å². The Morgan fingerprint density at radius 2 is 2.12 bits per heavy atom. The highest BCUT2D eigenvalue weighted by Crippen LogP contribution is 2.18. The molecule has 0 bridgehead atoms. The van der Waals surface area contributed by atoms with Crippen LogP contribution in [0.1, 0.15) is 18.4 Å². The Morgan fingerprint density at radius 3 is 2.76 bits per heavy atom. The van der Waals surface area contributed by atoms with Crippen molar-refractivity contribution in [2.24, 2.45) is 0 Å². The molecule has 1 aliphatic heterocycles. The van der Waals surface area contributed by atoms with Crippen molar-refractivity contribution in [3.05, 3.63) is 34.9 Å². The third kappa shape index (κ3) is 3.71. The number of hydrogen-bond acceptors (Lipinski definition) is 1. The summed E-state index contributed by atoms with van der Waals surface area (Å²) in [5.74, 6) is 0.201. The van der Waals surface area contributed by atoms with E-state index in [0.717, 1.165) is 31.5 Å². The van der Waals surface area contributed by atoms with Crippen LogP contribution in [0.3, 0.4) is 0 Å². The maximum Gasteiger partial charge on any atom is 0.226 e. The van der Waals surface area contributed by atoms with E-state index in [4.69, 9.17) is 11.6 Å². The van der Waals surface area contributed by atoms with Crippen molar-refractivity contribution in [2.45, 2.75) is 24.1 Å². The monoisotopic (exact) mass is 315 g/mol. The molecule has 1 aromatic rings. The summed E-state index contributed by atoms with van der Waals surface area (Å²) in [6, 6.07) is 7.51. The van der Waals surface area contributed by atoms with E-state index >= 15 is 0 Å². The maximum absolute atomic E-state index is 12.1. The van der Waals surface area contributed by atoms with E-state index in [2.05, 4.69) is 15.9 Å². The number of piperidine rings is 1. The number of nitrogens with zero attached hydrogens (tertiary/aromatic N) is 1. The molecule has 1 fully saturated rings. The summed E-state index contributed by atoms with van der Waals surface area (Å²) >= 11 is 9.49. The Balaban J connectivity index is 1.93. The summed E-state index contributed by atoms with van der Waals surface area (Å²) < 4.78 is 0. The van der Waals surface area contributed by atoms with E-state index in [9.17, 15) is 4.79 Å². The van der Waals surface area contributed by atoms with Crippen LogP contribution in [0.15, 0.2) is 24.3 Å². The van der Waals surface area contributed by atoms with Crippen LogP contribution in [0.2, 0.25) is 5.02 Å². The average Bonchev–Trinajstić information content (AvgIpc) is 2.29. The first-order chi connectivity index (χ1) is 8.15. The lowest BCUT2D eigenvalue weighted by atomic mass is 10.1. The van der Waals surface area contributed by atoms with Crippen LogP contribution in [0.4, 0.5) is 0 Å². The minimum absolute atomic E-state index is 0.201. The molecular weight excluding hydrogens is 302 g/mol. The molecule has 1 saturated heterocycles. The van der Waals surface area contributed by atoms with Gasteiger partial charge in [-0.05, 0) is 30.5 Å². The number of benzene rings is 1. The number of carbonyl (C=O) groups excluding carboxylic acids is 1. The minimum Gasteiger partial charge on any atom is -0.342 e. The maximum atomic E-state index is 12.1. The molecule has 4 heteroatoms. The zero-order valence-electron chi connectivity index (χ0n) is 9.53. The van der Waals surface area contributed by atoms with E-state index in [1.54, 1.807) is 0 Å². The number of alkyl halides is 1. The zero-order valence-corrected chi connectivity index (χ0v) is 11.9. The number of carbonyl (C=O) groups is 1. The zero-order chi connectivity index (χ0) is 12.3. The van der Waals surface area contributed by atoms with Crippen LogP contribution in [0.25, 0.3) is 0 Å². The highest BCUT2D eigenvalue weighted by Gasteiger charge is 2.20. The van der Waals surface area contributed by atoms with Crippen molar-refractivity contribution >= 4 is 33.4 Å². The van der Waals surface area contributed by atoms with Crippen LogP contribution < -0.4 is 0 Å². The van der Waals surface area contributed by atoms with E-state index < -0.39 is 0 Å². The minimum atomic E-state index is 0.201. The van der Waals surface area contributed by atoms with Gasteiger partial charge in [0.15, 0.2) is 0 Å². The molecule has 0 spiro atoms. The predicted molar refractivity (Wildman–Crippen MR) is 73.7 cm³/mol. The highest BCUT2D eigenvalue weighted by molar-refractivity contribution is 9.09. The standard InChI is InChI=1S/C13H15BrClNO/c14-11-4-6-16(7-5-11)13(17)9-10-2-1-3-12(15)8-10/h1-3,8,11H,4-7,9H2. The molecule has 17 heavy (non-hydrogen) atoms. The summed E-state index contributed by atoms with van der Waals surface area (Å²) in [5.41, 5.74) is 0.989. The summed E-state index contributed by atoms with van der Waals surface area (Å²) in [7, 11) is 0. The number of rotatable bonds is 2. The van der Waals surface area contributed by atoms with Gasteiger partial charge >= 0.3 is 0 Å². The first kappa shape index (κ1) is 12.9. The van der Waals surface area contributed by atoms with Crippen molar-refractivity contribution in [2.75, 3.05) is 13.1 Å². The number of amides is 1. The Bertz CT molecular complexity index is 402. The molecule has 0 atom stereocenters. The van der Waals surface area contributed by atoms with Gasteiger partial charge in [0, 0.05) is 22.9 Å². The van der Waals surface area contributed by atoms with Gasteiger partial charge in [-0.25, -0.2) is 0 Å². The second kappa shape index (κ2) is 5.87. The predicted octanol–water partition coefficient (Wildman–Crippen LogP) is 3.27. The van der Waals surface area contributed by atoms with Crippen LogP contribution >= 0.6 is 27.5 Å². The SMILES string of the molecule is O=C(Cc1cccc(Cl)c1)N1CCC(Br)CC1. The fraction of sp³-hybridized carbons (Fsp3) is 0.462. The van der Waals surface area contributed by atoms with Crippen molar-refractivity contribution in [3.63, 3.8) is 0 Å². The van der Waals surface area contributed by atoms with Crippen molar-refractivity contribution < 1.29 is 4.79 Å². The lowest BCUT2D eigenvalue weighted by Crippen LogP contribution is -2.39. The summed E-state index contributed by atoms with van der Waals surface area (Å²) in [6.07, 6.45) is 2.54. The second-order valence-corrected chi connectivity index (χ2v) is 6.09. The van der Waals surface area contributed by atoms with Crippen LogP contribution in [0, 0.1) is 0 Å². The average molecular weight is 317 g/mol. The van der Waals surface area contributed by atoms with Gasteiger partial charge in [0.2, 0.25) is 5.91 Å². The molecule has 1 heterocycles. The third-order valence-corrected chi connectivity index (χ3v) is 4.17. The quantitative estimate of drug-likeness (QED) is 0.767. The fourth-order valence-electron chi connectivity index (χ4n) is 2.03. The molecule has 1 aliphatic rings. The molecule has 0 saturated carbocycles. The molecule has 1 amide bonds. The molecule has 0 N–H and O–H groups in total. The Morgan fingerprint density at radius 1 is 1.41 bits per heavy atom. The number of halogens is 2. The first-order valence-electron chi connectivity index (χ1n) is 5.81. The smallest absolute Gasteiger partial charge is 0.226 e. The van der Waals surface area contributed by atoms with Gasteiger partial charge < -0.3 is 4.90 Å². The van der Waals surface area contributed by atoms with Gasteiger partial charge in [0.25, 0.3) is 0 Å². The van der Waals surface area contributed by atoms with Crippen molar-refractivity contribution in [3.8, 4) is 0 Å². The van der Waals surface area contributed by atoms with Gasteiger partial charge in [-0.2, -0.15) is 0 Å². The molecule has 1 aromatic carbocycles. The largest absolute Gasteiger partial charge is 0.342 e. The van der Waals surface area contributed by atoms with Gasteiger partial charge in [-0.1, -0.05) is 39.7 Å². The molecular formula is C13H15BrClNO. The third-order valence-electron chi connectivity index (χ3n) is 3.02. The second-order valence-electron chi connectivity index (χ2n) is 4.36. The van der Waals surface area contributed by atoms with E-state index in [1.165, 1.54) is 0 Å². The molecule has 2 nitrogen and oxygen atoms in total. The Kier molecular flexibility index (Phi) is 4.46. The molecule has 0 aliphatic carbocycles. The lowest BCUT2D eigenvalue weighted by molar-refractivity contribution is -0.131. The van der Waals surface area contributed by atoms with Crippen LogP contribution in [0.5, 0.6) is 0 Å². The number of hydrogen-bond donors (Lipinski definition) is 0. The molecule has 0 unspecified atom stereocenters. The van der Waals surface area contributed by atoms with Crippen molar-refractivity contribution in [1.82, 2.24) is 4.90 Å². The normalized spacial score (nSPS) is 17.2. The lowest BCUT2D eigenvalue weighted by Gasteiger charge is -2.29. The van der Waals surface area contributed by atoms with E-state index in [-0.39, 0.29) is 5.91 Å². The van der Waals surface area contributed by atoms with Gasteiger partial charge in [-0.15, -0.1) is 0 Å². The first-order valence-corrected chi connectivity index (χ1v) is 7.11. The van der Waals surface area contributed by atoms with E-state index in [1.807, 2.05) is 29.2 Å². The molecule has 92 valence electrons.